The van der Waals surface area contributed by atoms with Gasteiger partial charge in [-0.05, 0) is 29.8 Å². The van der Waals surface area contributed by atoms with Gasteiger partial charge in [-0.25, -0.2) is 18.7 Å². The minimum atomic E-state index is -0.482. The number of benzene rings is 2. The van der Waals surface area contributed by atoms with Crippen LogP contribution >= 0.6 is 0 Å². The van der Waals surface area contributed by atoms with Crippen LogP contribution in [0.4, 0.5) is 8.78 Å². The zero-order valence-electron chi connectivity index (χ0n) is 16.8. The second-order valence-corrected chi connectivity index (χ2v) is 7.67. The van der Waals surface area contributed by atoms with Gasteiger partial charge in [0.25, 0.3) is 0 Å². The van der Waals surface area contributed by atoms with Gasteiger partial charge in [-0.3, -0.25) is 9.88 Å². The van der Waals surface area contributed by atoms with Crippen molar-refractivity contribution in [2.24, 2.45) is 0 Å². The van der Waals surface area contributed by atoms with Gasteiger partial charge in [-0.2, -0.15) is 0 Å². The lowest BCUT2D eigenvalue weighted by molar-refractivity contribution is 0.242. The van der Waals surface area contributed by atoms with E-state index < -0.39 is 11.6 Å². The average Bonchev–Trinajstić information content (AvgIpc) is 2.81. The molecule has 0 fully saturated rings. The Morgan fingerprint density at radius 1 is 0.903 bits per heavy atom. The molecule has 4 aromatic rings. The fourth-order valence-electron chi connectivity index (χ4n) is 3.87. The monoisotopic (exact) mass is 414 g/mol. The van der Waals surface area contributed by atoms with Crippen LogP contribution in [0, 0.1) is 11.6 Å². The molecular weight excluding hydrogens is 394 g/mol. The highest BCUT2D eigenvalue weighted by Gasteiger charge is 2.19. The molecule has 0 N–H and O–H groups in total. The van der Waals surface area contributed by atoms with Crippen LogP contribution in [0.2, 0.25) is 0 Å². The quantitative estimate of drug-likeness (QED) is 0.469. The Morgan fingerprint density at radius 3 is 2.58 bits per heavy atom. The molecule has 6 heteroatoms. The van der Waals surface area contributed by atoms with Gasteiger partial charge in [0.1, 0.15) is 11.6 Å². The van der Waals surface area contributed by atoms with Crippen LogP contribution in [0.5, 0.6) is 0 Å². The Hall–Kier alpha value is -3.51. The second kappa shape index (κ2) is 8.32. The van der Waals surface area contributed by atoms with E-state index in [0.29, 0.717) is 5.69 Å². The number of aromatic nitrogens is 3. The Morgan fingerprint density at radius 2 is 1.77 bits per heavy atom. The molecule has 0 aliphatic carbocycles. The highest BCUT2D eigenvalue weighted by Crippen LogP contribution is 2.24. The molecule has 0 amide bonds. The van der Waals surface area contributed by atoms with Crippen LogP contribution in [0.3, 0.4) is 0 Å². The lowest BCUT2D eigenvalue weighted by atomic mass is 10.1. The molecule has 0 atom stereocenters. The summed E-state index contributed by atoms with van der Waals surface area (Å²) in [5.41, 5.74) is 4.87. The first-order valence-electron chi connectivity index (χ1n) is 10.2. The van der Waals surface area contributed by atoms with Crippen molar-refractivity contribution in [2.45, 2.75) is 19.5 Å². The molecule has 0 unspecified atom stereocenters. The summed E-state index contributed by atoms with van der Waals surface area (Å²) in [4.78, 5) is 16.0. The predicted molar refractivity (Wildman–Crippen MR) is 115 cm³/mol. The van der Waals surface area contributed by atoms with Gasteiger partial charge < -0.3 is 0 Å². The summed E-state index contributed by atoms with van der Waals surface area (Å²) in [6.07, 6.45) is 4.51. The number of fused-ring (bicyclic) bond motifs is 1. The predicted octanol–water partition coefficient (Wildman–Crippen LogP) is 5.04. The summed E-state index contributed by atoms with van der Waals surface area (Å²) in [6.45, 7) is 2.38. The normalized spacial score (nSPS) is 13.7. The van der Waals surface area contributed by atoms with Gasteiger partial charge in [-0.15, -0.1) is 0 Å². The smallest absolute Gasteiger partial charge is 0.159 e. The minimum absolute atomic E-state index is 0.171. The van der Waals surface area contributed by atoms with Crippen LogP contribution in [0.1, 0.15) is 16.8 Å². The lowest BCUT2D eigenvalue weighted by Crippen LogP contribution is -2.31. The molecular formula is C25H20F2N4. The first kappa shape index (κ1) is 19.5. The first-order valence-corrected chi connectivity index (χ1v) is 10.2. The topological polar surface area (TPSA) is 41.9 Å². The Bertz CT molecular complexity index is 1210. The maximum Gasteiger partial charge on any atom is 0.159 e. The minimum Gasteiger partial charge on any atom is -0.294 e. The molecule has 154 valence electrons. The summed E-state index contributed by atoms with van der Waals surface area (Å²) in [5.74, 6) is -0.201. The van der Waals surface area contributed by atoms with Crippen LogP contribution in [0.15, 0.2) is 73.1 Å². The molecule has 0 radical (unpaired) electrons. The van der Waals surface area contributed by atoms with Crippen molar-refractivity contribution in [3.8, 4) is 22.6 Å². The van der Waals surface area contributed by atoms with E-state index in [4.69, 9.17) is 4.98 Å². The summed E-state index contributed by atoms with van der Waals surface area (Å²) >= 11 is 0. The fraction of sp³-hybridized carbons (Fsp3) is 0.160. The van der Waals surface area contributed by atoms with E-state index in [9.17, 15) is 8.78 Å². The largest absolute Gasteiger partial charge is 0.294 e. The molecule has 1 aliphatic heterocycles. The number of hydrogen-bond acceptors (Lipinski definition) is 4. The molecule has 3 heterocycles. The van der Waals surface area contributed by atoms with E-state index in [-0.39, 0.29) is 5.56 Å². The summed E-state index contributed by atoms with van der Waals surface area (Å²) in [5, 5.41) is 0. The molecule has 0 bridgehead atoms. The van der Waals surface area contributed by atoms with Crippen LogP contribution in [0.25, 0.3) is 22.6 Å². The molecule has 1 aliphatic rings. The molecule has 5 rings (SSSR count). The van der Waals surface area contributed by atoms with E-state index >= 15 is 0 Å². The Balaban J connectivity index is 1.28. The van der Waals surface area contributed by atoms with Crippen LogP contribution in [-0.2, 0) is 19.5 Å². The summed E-state index contributed by atoms with van der Waals surface area (Å²) in [6, 6.07) is 17.0. The maximum absolute atomic E-state index is 14.0. The first-order chi connectivity index (χ1) is 15.2. The van der Waals surface area contributed by atoms with Crippen molar-refractivity contribution < 1.29 is 8.78 Å². The molecule has 31 heavy (non-hydrogen) atoms. The summed E-state index contributed by atoms with van der Waals surface area (Å²) < 4.78 is 27.4. The lowest BCUT2D eigenvalue weighted by Gasteiger charge is -2.28. The third-order valence-electron chi connectivity index (χ3n) is 5.48. The van der Waals surface area contributed by atoms with Crippen molar-refractivity contribution in [3.63, 3.8) is 0 Å². The standard InChI is InChI=1S/C25H20F2N4/c26-20-7-8-22(27)21(12-20)24-9-6-17(13-28-24)15-31-11-10-23-19(16-31)14-29-25(30-23)18-4-2-1-3-5-18/h1-9,12-14H,10-11,15-16H2. The Kier molecular flexibility index (Phi) is 5.22. The van der Waals surface area contributed by atoms with E-state index in [2.05, 4.69) is 14.9 Å². The molecule has 0 saturated carbocycles. The van der Waals surface area contributed by atoms with Gasteiger partial charge in [0.15, 0.2) is 5.82 Å². The third-order valence-corrected chi connectivity index (χ3v) is 5.48. The zero-order chi connectivity index (χ0) is 21.2. The summed E-state index contributed by atoms with van der Waals surface area (Å²) in [7, 11) is 0. The highest BCUT2D eigenvalue weighted by molar-refractivity contribution is 5.60. The van der Waals surface area contributed by atoms with Crippen molar-refractivity contribution in [3.05, 3.63) is 102 Å². The number of rotatable bonds is 4. The number of nitrogens with zero attached hydrogens (tertiary/aromatic N) is 4. The molecule has 2 aromatic carbocycles. The number of pyridine rings is 1. The van der Waals surface area contributed by atoms with E-state index in [1.807, 2.05) is 42.6 Å². The molecule has 2 aromatic heterocycles. The van der Waals surface area contributed by atoms with Crippen LogP contribution in [-0.4, -0.2) is 26.4 Å². The van der Waals surface area contributed by atoms with E-state index in [1.54, 1.807) is 12.3 Å². The zero-order valence-corrected chi connectivity index (χ0v) is 16.8. The van der Waals surface area contributed by atoms with Crippen molar-refractivity contribution in [1.29, 1.82) is 0 Å². The SMILES string of the molecule is Fc1ccc(F)c(-c2ccc(CN3CCc4nc(-c5ccccc5)ncc4C3)cn2)c1. The van der Waals surface area contributed by atoms with Crippen molar-refractivity contribution in [2.75, 3.05) is 6.54 Å². The van der Waals surface area contributed by atoms with Gasteiger partial charge in [-0.1, -0.05) is 36.4 Å². The molecule has 0 spiro atoms. The number of halogens is 2. The third kappa shape index (κ3) is 4.20. The molecule has 0 saturated heterocycles. The number of hydrogen-bond donors (Lipinski definition) is 0. The Labute approximate surface area is 179 Å². The molecule has 4 nitrogen and oxygen atoms in total. The maximum atomic E-state index is 14.0. The van der Waals surface area contributed by atoms with Gasteiger partial charge >= 0.3 is 0 Å². The van der Waals surface area contributed by atoms with Gasteiger partial charge in [0, 0.05) is 55.1 Å². The van der Waals surface area contributed by atoms with E-state index in [0.717, 1.165) is 66.4 Å². The van der Waals surface area contributed by atoms with Gasteiger partial charge in [0.05, 0.1) is 11.4 Å². The fourth-order valence-corrected chi connectivity index (χ4v) is 3.87. The van der Waals surface area contributed by atoms with Crippen LogP contribution < -0.4 is 0 Å². The second-order valence-electron chi connectivity index (χ2n) is 7.67. The van der Waals surface area contributed by atoms with Crippen molar-refractivity contribution in [1.82, 2.24) is 19.9 Å². The van der Waals surface area contributed by atoms with E-state index in [1.165, 1.54) is 6.07 Å². The average molecular weight is 414 g/mol. The highest BCUT2D eigenvalue weighted by atomic mass is 19.1. The van der Waals surface area contributed by atoms with Crippen molar-refractivity contribution >= 4 is 0 Å². The van der Waals surface area contributed by atoms with Gasteiger partial charge in [0.2, 0.25) is 0 Å².